The Kier molecular flexibility index (Phi) is 9.94. The molecule has 0 saturated heterocycles. The standard InChI is InChI=1S/C25H35N2.BrH/c1-2-3-4-5-12-19-27(20-17-23-13-8-6-9-14-23)21-18-26-25(27)22-24-15-10-7-11-16-24;/h6-11,13-16H,2-5,12,17-22H2,1H3;1H/q+1;/p-1. The number of hydrogen-bond donors (Lipinski definition) is 0. The molecule has 152 valence electrons. The molecule has 0 saturated carbocycles. The fourth-order valence-electron chi connectivity index (χ4n) is 4.25. The third-order valence-corrected chi connectivity index (χ3v) is 5.94. The van der Waals surface area contributed by atoms with Crippen molar-refractivity contribution in [1.29, 1.82) is 0 Å². The summed E-state index contributed by atoms with van der Waals surface area (Å²) in [4.78, 5) is 5.00. The quantitative estimate of drug-likeness (QED) is 0.374. The van der Waals surface area contributed by atoms with Crippen molar-refractivity contribution in [3.63, 3.8) is 0 Å². The Hall–Kier alpha value is -1.45. The fourth-order valence-corrected chi connectivity index (χ4v) is 4.25. The second-order valence-electron chi connectivity index (χ2n) is 7.93. The van der Waals surface area contributed by atoms with Crippen LogP contribution in [0.2, 0.25) is 0 Å². The topological polar surface area (TPSA) is 12.4 Å². The SMILES string of the molecule is CCCCCCC[N+]1(CCc2ccccc2)CCN=C1Cc1ccccc1.[Br-]. The average Bonchev–Trinajstić information content (AvgIpc) is 3.10. The highest BCUT2D eigenvalue weighted by Crippen LogP contribution is 2.22. The number of unbranched alkanes of at least 4 members (excludes halogenated alkanes) is 4. The van der Waals surface area contributed by atoms with Crippen molar-refractivity contribution in [2.45, 2.75) is 51.9 Å². The Morgan fingerprint density at radius 1 is 0.786 bits per heavy atom. The monoisotopic (exact) mass is 442 g/mol. The van der Waals surface area contributed by atoms with Crippen molar-refractivity contribution < 1.29 is 21.5 Å². The van der Waals surface area contributed by atoms with Crippen molar-refractivity contribution in [1.82, 2.24) is 0 Å². The van der Waals surface area contributed by atoms with Gasteiger partial charge in [0.15, 0.2) is 0 Å². The minimum absolute atomic E-state index is 0. The van der Waals surface area contributed by atoms with E-state index in [1.807, 2.05) is 0 Å². The van der Waals surface area contributed by atoms with Crippen molar-refractivity contribution in [2.75, 3.05) is 26.2 Å². The zero-order valence-corrected chi connectivity index (χ0v) is 18.9. The van der Waals surface area contributed by atoms with Gasteiger partial charge in [-0.1, -0.05) is 86.8 Å². The maximum atomic E-state index is 5.00. The number of halogens is 1. The van der Waals surface area contributed by atoms with Gasteiger partial charge in [-0.25, -0.2) is 4.99 Å². The third-order valence-electron chi connectivity index (χ3n) is 5.94. The average molecular weight is 443 g/mol. The van der Waals surface area contributed by atoms with Crippen LogP contribution in [0.5, 0.6) is 0 Å². The number of aliphatic imine (C=N–C) groups is 1. The van der Waals surface area contributed by atoms with Crippen molar-refractivity contribution in [3.8, 4) is 0 Å². The molecule has 2 aromatic rings. The first kappa shape index (κ1) is 22.8. The molecule has 1 unspecified atom stereocenters. The van der Waals surface area contributed by atoms with E-state index in [0.29, 0.717) is 0 Å². The largest absolute Gasteiger partial charge is 1.00 e. The van der Waals surface area contributed by atoms with Crippen LogP contribution in [0.4, 0.5) is 0 Å². The van der Waals surface area contributed by atoms with E-state index in [2.05, 4.69) is 67.6 Å². The van der Waals surface area contributed by atoms with E-state index in [-0.39, 0.29) is 17.0 Å². The van der Waals surface area contributed by atoms with Crippen molar-refractivity contribution in [2.24, 2.45) is 4.99 Å². The molecule has 0 N–H and O–H groups in total. The summed E-state index contributed by atoms with van der Waals surface area (Å²) in [5.41, 5.74) is 2.85. The van der Waals surface area contributed by atoms with Gasteiger partial charge in [-0.15, -0.1) is 0 Å². The Morgan fingerprint density at radius 2 is 1.43 bits per heavy atom. The summed E-state index contributed by atoms with van der Waals surface area (Å²) in [5, 5.41) is 0. The number of amidine groups is 1. The highest BCUT2D eigenvalue weighted by Gasteiger charge is 2.37. The number of hydrogen-bond acceptors (Lipinski definition) is 1. The molecule has 1 aliphatic heterocycles. The lowest BCUT2D eigenvalue weighted by Gasteiger charge is -2.35. The molecule has 2 aromatic carbocycles. The molecule has 0 spiro atoms. The summed E-state index contributed by atoms with van der Waals surface area (Å²) < 4.78 is 1.11. The van der Waals surface area contributed by atoms with Gasteiger partial charge in [-0.05, 0) is 24.0 Å². The summed E-state index contributed by atoms with van der Waals surface area (Å²) in [7, 11) is 0. The molecule has 28 heavy (non-hydrogen) atoms. The molecule has 0 fully saturated rings. The van der Waals surface area contributed by atoms with Gasteiger partial charge >= 0.3 is 0 Å². The summed E-state index contributed by atoms with van der Waals surface area (Å²) in [6.07, 6.45) is 8.89. The van der Waals surface area contributed by atoms with Crippen LogP contribution in [-0.2, 0) is 12.8 Å². The van der Waals surface area contributed by atoms with Crippen LogP contribution in [0, 0.1) is 0 Å². The lowest BCUT2D eigenvalue weighted by molar-refractivity contribution is -0.836. The van der Waals surface area contributed by atoms with Gasteiger partial charge in [-0.2, -0.15) is 0 Å². The Labute approximate surface area is 182 Å². The van der Waals surface area contributed by atoms with Gasteiger partial charge < -0.3 is 17.0 Å². The van der Waals surface area contributed by atoms with E-state index in [0.717, 1.165) is 23.9 Å². The summed E-state index contributed by atoms with van der Waals surface area (Å²) in [6.45, 7) is 6.90. The smallest absolute Gasteiger partial charge is 0.202 e. The maximum absolute atomic E-state index is 5.00. The molecule has 3 heteroatoms. The number of rotatable bonds is 11. The van der Waals surface area contributed by atoms with E-state index in [1.165, 1.54) is 68.7 Å². The van der Waals surface area contributed by atoms with Crippen LogP contribution < -0.4 is 17.0 Å². The highest BCUT2D eigenvalue weighted by molar-refractivity contribution is 5.79. The number of quaternary nitrogens is 1. The predicted octanol–water partition coefficient (Wildman–Crippen LogP) is 2.68. The summed E-state index contributed by atoms with van der Waals surface area (Å²) in [5.74, 6) is 1.41. The molecular weight excluding hydrogens is 408 g/mol. The van der Waals surface area contributed by atoms with E-state index < -0.39 is 0 Å². The van der Waals surface area contributed by atoms with Crippen LogP contribution in [-0.4, -0.2) is 36.5 Å². The minimum atomic E-state index is 0. The molecule has 2 nitrogen and oxygen atoms in total. The Morgan fingerprint density at radius 3 is 2.11 bits per heavy atom. The first-order chi connectivity index (χ1) is 13.3. The van der Waals surface area contributed by atoms with Gasteiger partial charge in [0.1, 0.15) is 6.54 Å². The maximum Gasteiger partial charge on any atom is 0.202 e. The van der Waals surface area contributed by atoms with E-state index in [9.17, 15) is 0 Å². The number of nitrogens with zero attached hydrogens (tertiary/aromatic N) is 2. The van der Waals surface area contributed by atoms with Crippen molar-refractivity contribution >= 4 is 5.84 Å². The van der Waals surface area contributed by atoms with Gasteiger partial charge in [0.2, 0.25) is 5.84 Å². The van der Waals surface area contributed by atoms with Crippen LogP contribution >= 0.6 is 0 Å². The van der Waals surface area contributed by atoms with E-state index >= 15 is 0 Å². The van der Waals surface area contributed by atoms with Crippen LogP contribution in [0.25, 0.3) is 0 Å². The van der Waals surface area contributed by atoms with E-state index in [4.69, 9.17) is 4.99 Å². The number of benzene rings is 2. The van der Waals surface area contributed by atoms with Crippen LogP contribution in [0.3, 0.4) is 0 Å². The molecule has 0 bridgehead atoms. The van der Waals surface area contributed by atoms with Gasteiger partial charge in [-0.3, -0.25) is 4.48 Å². The summed E-state index contributed by atoms with van der Waals surface area (Å²) in [6, 6.07) is 21.8. The Bertz CT molecular complexity index is 699. The molecule has 0 radical (unpaired) electrons. The first-order valence-electron chi connectivity index (χ1n) is 10.8. The zero-order valence-electron chi connectivity index (χ0n) is 17.3. The van der Waals surface area contributed by atoms with Crippen LogP contribution in [0.1, 0.15) is 50.2 Å². The second kappa shape index (κ2) is 12.2. The van der Waals surface area contributed by atoms with Crippen LogP contribution in [0.15, 0.2) is 65.7 Å². The van der Waals surface area contributed by atoms with Gasteiger partial charge in [0.25, 0.3) is 0 Å². The predicted molar refractivity (Wildman–Crippen MR) is 116 cm³/mol. The summed E-state index contributed by atoms with van der Waals surface area (Å²) >= 11 is 0. The Balaban J connectivity index is 0.00000280. The second-order valence-corrected chi connectivity index (χ2v) is 7.93. The normalized spacial score (nSPS) is 18.5. The minimum Gasteiger partial charge on any atom is -1.00 e. The molecule has 0 aromatic heterocycles. The lowest BCUT2D eigenvalue weighted by Crippen LogP contribution is -3.00. The van der Waals surface area contributed by atoms with Crippen molar-refractivity contribution in [3.05, 3.63) is 71.8 Å². The molecular formula is C25H35BrN2. The molecule has 1 heterocycles. The first-order valence-corrected chi connectivity index (χ1v) is 10.8. The molecule has 1 atom stereocenters. The van der Waals surface area contributed by atoms with Gasteiger partial charge in [0.05, 0.1) is 26.1 Å². The third kappa shape index (κ3) is 6.56. The van der Waals surface area contributed by atoms with Gasteiger partial charge in [0, 0.05) is 6.42 Å². The fraction of sp³-hybridized carbons (Fsp3) is 0.480. The molecule has 0 aliphatic carbocycles. The zero-order chi connectivity index (χ0) is 18.8. The molecule has 1 aliphatic rings. The lowest BCUT2D eigenvalue weighted by atomic mass is 10.1. The molecule has 3 rings (SSSR count). The van der Waals surface area contributed by atoms with E-state index in [1.54, 1.807) is 0 Å². The highest BCUT2D eigenvalue weighted by atomic mass is 79.9. The molecule has 0 amide bonds.